The summed E-state index contributed by atoms with van der Waals surface area (Å²) in [4.78, 5) is 20.8. The van der Waals surface area contributed by atoms with Crippen LogP contribution in [0.2, 0.25) is 5.02 Å². The molecule has 2 heterocycles. The van der Waals surface area contributed by atoms with E-state index < -0.39 is 11.7 Å². The highest BCUT2D eigenvalue weighted by Gasteiger charge is 2.45. The third kappa shape index (κ3) is 6.07. The number of halogens is 1. The van der Waals surface area contributed by atoms with Crippen LogP contribution >= 0.6 is 11.6 Å². The van der Waals surface area contributed by atoms with Crippen LogP contribution < -0.4 is 15.4 Å². The Labute approximate surface area is 231 Å². The quantitative estimate of drug-likeness (QED) is 0.253. The van der Waals surface area contributed by atoms with Crippen LogP contribution in [-0.2, 0) is 16.7 Å². The smallest absolute Gasteiger partial charge is 0.407 e. The van der Waals surface area contributed by atoms with E-state index in [-0.39, 0.29) is 5.41 Å². The maximum Gasteiger partial charge on any atom is 0.407 e. The first-order valence-electron chi connectivity index (χ1n) is 12.7. The average molecular weight is 545 g/mol. The number of hydrogen-bond donors (Lipinski definition) is 2. The lowest BCUT2D eigenvalue weighted by atomic mass is 9.98. The number of nitriles is 1. The number of carbonyl (C=O) groups excluding carboxylic acids is 1. The van der Waals surface area contributed by atoms with Gasteiger partial charge in [0, 0.05) is 25.0 Å². The van der Waals surface area contributed by atoms with Crippen molar-refractivity contribution < 1.29 is 14.3 Å². The van der Waals surface area contributed by atoms with Crippen molar-refractivity contribution >= 4 is 40.2 Å². The number of rotatable bonds is 8. The number of anilines is 2. The summed E-state index contributed by atoms with van der Waals surface area (Å²) in [6.45, 7) is 6.35. The summed E-state index contributed by atoms with van der Waals surface area (Å²) in [5, 5.41) is 16.0. The number of nitrogens with zero attached hydrogens (tertiary/aromatic N) is 4. The lowest BCUT2D eigenvalue weighted by Gasteiger charge is -2.19. The van der Waals surface area contributed by atoms with Crippen LogP contribution in [0.15, 0.2) is 61.1 Å². The molecule has 4 aromatic rings. The molecule has 1 aliphatic carbocycles. The van der Waals surface area contributed by atoms with Gasteiger partial charge in [-0.1, -0.05) is 23.7 Å². The number of carbonyl (C=O) groups is 1. The Morgan fingerprint density at radius 3 is 2.72 bits per heavy atom. The second kappa shape index (κ2) is 10.5. The third-order valence-corrected chi connectivity index (χ3v) is 6.64. The zero-order valence-corrected chi connectivity index (χ0v) is 22.7. The van der Waals surface area contributed by atoms with Gasteiger partial charge in [-0.05, 0) is 75.6 Å². The van der Waals surface area contributed by atoms with E-state index >= 15 is 0 Å². The number of amides is 1. The van der Waals surface area contributed by atoms with Gasteiger partial charge in [0.25, 0.3) is 0 Å². The lowest BCUT2D eigenvalue weighted by Crippen LogP contribution is -2.34. The summed E-state index contributed by atoms with van der Waals surface area (Å²) in [5.41, 5.74) is 2.31. The minimum absolute atomic E-state index is 0.377. The molecule has 2 aromatic heterocycles. The first kappa shape index (κ1) is 26.3. The molecule has 0 saturated heterocycles. The molecule has 0 aliphatic heterocycles. The van der Waals surface area contributed by atoms with Crippen molar-refractivity contribution in [2.24, 2.45) is 0 Å². The van der Waals surface area contributed by atoms with Gasteiger partial charge in [0.2, 0.25) is 0 Å². The van der Waals surface area contributed by atoms with Crippen molar-refractivity contribution in [1.82, 2.24) is 19.9 Å². The summed E-state index contributed by atoms with van der Waals surface area (Å²) >= 11 is 6.58. The fourth-order valence-corrected chi connectivity index (χ4v) is 4.49. The molecule has 0 atom stereocenters. The Morgan fingerprint density at radius 2 is 2.00 bits per heavy atom. The molecule has 9 nitrogen and oxygen atoms in total. The first-order valence-corrected chi connectivity index (χ1v) is 13.1. The topological polar surface area (TPSA) is 114 Å². The van der Waals surface area contributed by atoms with E-state index in [0.717, 1.165) is 35.1 Å². The highest BCUT2D eigenvalue weighted by atomic mass is 35.5. The SMILES string of the molecule is CC(C)(C)OC(=O)NCCn1ccc2ncnc(Nc3ccc(Oc4cccc(C5(C#N)CC5)c4)c(Cl)c3)c21. The number of hydrogen-bond acceptors (Lipinski definition) is 7. The van der Waals surface area contributed by atoms with Gasteiger partial charge in [0.1, 0.15) is 28.9 Å². The predicted molar refractivity (Wildman–Crippen MR) is 150 cm³/mol. The van der Waals surface area contributed by atoms with Crippen LogP contribution in [0.25, 0.3) is 11.0 Å². The van der Waals surface area contributed by atoms with Gasteiger partial charge in [-0.25, -0.2) is 14.8 Å². The van der Waals surface area contributed by atoms with Crippen molar-refractivity contribution in [1.29, 1.82) is 5.26 Å². The van der Waals surface area contributed by atoms with E-state index in [2.05, 4.69) is 26.7 Å². The Bertz CT molecular complexity index is 1570. The Kier molecular flexibility index (Phi) is 7.06. The number of fused-ring (bicyclic) bond motifs is 1. The number of benzene rings is 2. The summed E-state index contributed by atoms with van der Waals surface area (Å²) in [6.07, 6.45) is 4.67. The van der Waals surface area contributed by atoms with E-state index in [9.17, 15) is 10.1 Å². The zero-order chi connectivity index (χ0) is 27.6. The van der Waals surface area contributed by atoms with E-state index in [0.29, 0.717) is 35.4 Å². The van der Waals surface area contributed by atoms with Crippen molar-refractivity contribution in [3.63, 3.8) is 0 Å². The van der Waals surface area contributed by atoms with E-state index in [1.54, 1.807) is 12.1 Å². The molecule has 39 heavy (non-hydrogen) atoms. The third-order valence-electron chi connectivity index (χ3n) is 6.34. The molecule has 1 amide bonds. The van der Waals surface area contributed by atoms with Crippen molar-refractivity contribution in [2.45, 2.75) is 51.2 Å². The first-order chi connectivity index (χ1) is 18.7. The second-order valence-electron chi connectivity index (χ2n) is 10.5. The number of nitrogens with one attached hydrogen (secondary N) is 2. The van der Waals surface area contributed by atoms with Crippen LogP contribution in [0, 0.1) is 11.3 Å². The molecule has 10 heteroatoms. The molecule has 0 spiro atoms. The summed E-state index contributed by atoms with van der Waals surface area (Å²) in [7, 11) is 0. The second-order valence-corrected chi connectivity index (χ2v) is 10.9. The fraction of sp³-hybridized carbons (Fsp3) is 0.310. The summed E-state index contributed by atoms with van der Waals surface area (Å²) in [6, 6.07) is 17.3. The standard InChI is InChI=1S/C29H29ClN6O3/c1-28(2,3)39-27(37)32-12-14-36-13-9-23-25(36)26(34-18-33-23)35-20-7-8-24(22(30)16-20)38-21-6-4-5-19(15-21)29(17-31)10-11-29/h4-9,13,15-16,18H,10-12,14H2,1-3H3,(H,32,37)(H,33,34,35). The van der Waals surface area contributed by atoms with E-state index in [1.807, 2.05) is 67.9 Å². The van der Waals surface area contributed by atoms with Crippen LogP contribution in [0.1, 0.15) is 39.2 Å². The normalized spacial score (nSPS) is 13.9. The maximum atomic E-state index is 12.0. The molecule has 0 bridgehead atoms. The molecule has 2 N–H and O–H groups in total. The monoisotopic (exact) mass is 544 g/mol. The van der Waals surface area contributed by atoms with Crippen molar-refractivity contribution in [2.75, 3.05) is 11.9 Å². The molecule has 200 valence electrons. The Hall–Kier alpha value is -4.29. The van der Waals surface area contributed by atoms with E-state index in [1.165, 1.54) is 6.33 Å². The van der Waals surface area contributed by atoms with Crippen LogP contribution in [0.4, 0.5) is 16.3 Å². The molecule has 5 rings (SSSR count). The van der Waals surface area contributed by atoms with Gasteiger partial charge in [0.15, 0.2) is 5.82 Å². The average Bonchev–Trinajstić information content (AvgIpc) is 3.59. The molecule has 0 radical (unpaired) electrons. The molecule has 0 unspecified atom stereocenters. The van der Waals surface area contributed by atoms with Gasteiger partial charge in [-0.3, -0.25) is 0 Å². The minimum atomic E-state index is -0.558. The lowest BCUT2D eigenvalue weighted by molar-refractivity contribution is 0.0526. The minimum Gasteiger partial charge on any atom is -0.456 e. The number of ether oxygens (including phenoxy) is 2. The fourth-order valence-electron chi connectivity index (χ4n) is 4.28. The molecular weight excluding hydrogens is 516 g/mol. The molecule has 2 aromatic carbocycles. The number of aromatic nitrogens is 3. The van der Waals surface area contributed by atoms with Gasteiger partial charge >= 0.3 is 6.09 Å². The maximum absolute atomic E-state index is 12.0. The highest BCUT2D eigenvalue weighted by molar-refractivity contribution is 6.32. The number of alkyl carbamates (subject to hydrolysis) is 1. The molecule has 1 aliphatic rings. The Morgan fingerprint density at radius 1 is 1.18 bits per heavy atom. The summed E-state index contributed by atoms with van der Waals surface area (Å²) in [5.74, 6) is 1.74. The van der Waals surface area contributed by atoms with Crippen molar-refractivity contribution in [3.8, 4) is 17.6 Å². The van der Waals surface area contributed by atoms with Crippen LogP contribution in [-0.4, -0.2) is 32.8 Å². The molecule has 1 fully saturated rings. The van der Waals surface area contributed by atoms with Gasteiger partial charge in [-0.15, -0.1) is 0 Å². The van der Waals surface area contributed by atoms with Crippen LogP contribution in [0.3, 0.4) is 0 Å². The summed E-state index contributed by atoms with van der Waals surface area (Å²) < 4.78 is 13.3. The van der Waals surface area contributed by atoms with Gasteiger partial charge in [0.05, 0.1) is 22.0 Å². The van der Waals surface area contributed by atoms with Crippen LogP contribution in [0.5, 0.6) is 11.5 Å². The molecule has 1 saturated carbocycles. The van der Waals surface area contributed by atoms with Gasteiger partial charge in [-0.2, -0.15) is 5.26 Å². The van der Waals surface area contributed by atoms with E-state index in [4.69, 9.17) is 21.1 Å². The van der Waals surface area contributed by atoms with Crippen molar-refractivity contribution in [3.05, 3.63) is 71.6 Å². The predicted octanol–water partition coefficient (Wildman–Crippen LogP) is 6.70. The van der Waals surface area contributed by atoms with Gasteiger partial charge < -0.3 is 24.7 Å². The largest absolute Gasteiger partial charge is 0.456 e. The Balaban J connectivity index is 1.29. The molecular formula is C29H29ClN6O3. The zero-order valence-electron chi connectivity index (χ0n) is 22.0. The highest BCUT2D eigenvalue weighted by Crippen LogP contribution is 2.48.